The Kier molecular flexibility index (Phi) is 11.3. The third-order valence-electron chi connectivity index (χ3n) is 7.71. The number of ether oxygens (including phenoxy) is 3. The second-order valence-corrected chi connectivity index (χ2v) is 13.3. The lowest BCUT2D eigenvalue weighted by atomic mass is 10.1. The van der Waals surface area contributed by atoms with Gasteiger partial charge < -0.3 is 24.0 Å². The van der Waals surface area contributed by atoms with Crippen molar-refractivity contribution in [2.75, 3.05) is 51.3 Å². The van der Waals surface area contributed by atoms with Crippen LogP contribution in [0.4, 0.5) is 15.0 Å². The molecule has 0 spiro atoms. The van der Waals surface area contributed by atoms with Crippen LogP contribution in [0.2, 0.25) is 5.02 Å². The molecule has 2 atom stereocenters. The Balaban J connectivity index is 0.000000273. The van der Waals surface area contributed by atoms with Crippen LogP contribution in [0.25, 0.3) is 10.9 Å². The molecule has 4 heterocycles. The standard InChI is InChI=1S/C20H23BrClFN4O3.C10H19NO2/c1-20(2,3)30-19(28)27-10-5-6-11(27)9-26(8-10)17-12-7-13(22)14(21)15(23)16(12)24-18(25-17)29-4;1-2-13-10(12)6-3-4-7-11-8-5-9-11/h7,10-11H,5-6,8-9H2,1-4H3;2-9H2,1H3. The first-order valence-corrected chi connectivity index (χ1v) is 16.1. The van der Waals surface area contributed by atoms with Crippen molar-refractivity contribution in [2.24, 2.45) is 0 Å². The molecule has 1 aromatic carbocycles. The molecule has 5 rings (SSSR count). The highest BCUT2D eigenvalue weighted by molar-refractivity contribution is 9.10. The van der Waals surface area contributed by atoms with Gasteiger partial charge in [0.15, 0.2) is 5.82 Å². The number of piperazine rings is 1. The van der Waals surface area contributed by atoms with Crippen LogP contribution in [0.5, 0.6) is 6.01 Å². The van der Waals surface area contributed by atoms with Crippen molar-refractivity contribution < 1.29 is 28.2 Å². The summed E-state index contributed by atoms with van der Waals surface area (Å²) in [4.78, 5) is 38.7. The predicted octanol–water partition coefficient (Wildman–Crippen LogP) is 6.21. The lowest BCUT2D eigenvalue weighted by molar-refractivity contribution is -0.143. The molecule has 2 aromatic rings. The van der Waals surface area contributed by atoms with E-state index in [1.54, 1.807) is 6.07 Å². The number of hydrogen-bond acceptors (Lipinski definition) is 9. The Labute approximate surface area is 266 Å². The van der Waals surface area contributed by atoms with E-state index < -0.39 is 11.4 Å². The van der Waals surface area contributed by atoms with E-state index in [0.29, 0.717) is 37.3 Å². The second kappa shape index (κ2) is 14.6. The molecule has 3 aliphatic heterocycles. The van der Waals surface area contributed by atoms with Gasteiger partial charge in [-0.25, -0.2) is 9.18 Å². The SMILES string of the molecule is CCOC(=O)CCCCN1CCC1.COc1nc(N2CC3CCC(C2)N3C(=O)OC(C)(C)C)c2cc(Cl)c(Br)c(F)c2n1. The van der Waals surface area contributed by atoms with Gasteiger partial charge in [0.1, 0.15) is 16.9 Å². The monoisotopic (exact) mass is 685 g/mol. The zero-order valence-corrected chi connectivity index (χ0v) is 28.0. The molecule has 0 saturated carbocycles. The van der Waals surface area contributed by atoms with Crippen molar-refractivity contribution in [3.63, 3.8) is 0 Å². The summed E-state index contributed by atoms with van der Waals surface area (Å²) in [6, 6.07) is 1.71. The van der Waals surface area contributed by atoms with Gasteiger partial charge in [0.2, 0.25) is 0 Å². The van der Waals surface area contributed by atoms with Crippen molar-refractivity contribution >= 4 is 56.3 Å². The molecule has 43 heavy (non-hydrogen) atoms. The molecule has 2 unspecified atom stereocenters. The molecule has 1 aromatic heterocycles. The normalized spacial score (nSPS) is 19.9. The molecule has 1 amide bonds. The average Bonchev–Trinajstić information content (AvgIpc) is 3.19. The molecule has 3 saturated heterocycles. The maximum atomic E-state index is 14.8. The van der Waals surface area contributed by atoms with Crippen LogP contribution in [0.3, 0.4) is 0 Å². The Hall–Kier alpha value is -2.44. The first-order chi connectivity index (χ1) is 20.4. The minimum absolute atomic E-state index is 0.00891. The largest absolute Gasteiger partial charge is 0.467 e. The van der Waals surface area contributed by atoms with Crippen LogP contribution in [0.1, 0.15) is 66.2 Å². The van der Waals surface area contributed by atoms with Gasteiger partial charge >= 0.3 is 18.1 Å². The van der Waals surface area contributed by atoms with Crippen LogP contribution in [-0.2, 0) is 14.3 Å². The summed E-state index contributed by atoms with van der Waals surface area (Å²) in [5.74, 6) is -0.0631. The van der Waals surface area contributed by atoms with Crippen LogP contribution in [0.15, 0.2) is 10.5 Å². The second-order valence-electron chi connectivity index (χ2n) is 12.1. The Morgan fingerprint density at radius 1 is 1.14 bits per heavy atom. The molecule has 13 heteroatoms. The zero-order chi connectivity index (χ0) is 31.3. The van der Waals surface area contributed by atoms with E-state index in [9.17, 15) is 14.0 Å². The van der Waals surface area contributed by atoms with E-state index in [1.807, 2.05) is 32.6 Å². The van der Waals surface area contributed by atoms with E-state index in [2.05, 4.69) is 35.7 Å². The molecule has 3 aliphatic rings. The number of amides is 1. The molecule has 0 aliphatic carbocycles. The molecule has 238 valence electrons. The van der Waals surface area contributed by atoms with Crippen molar-refractivity contribution in [3.05, 3.63) is 21.4 Å². The fourth-order valence-corrected chi connectivity index (χ4v) is 6.10. The van der Waals surface area contributed by atoms with E-state index >= 15 is 0 Å². The molecule has 0 radical (unpaired) electrons. The number of unbranched alkanes of at least 4 members (excludes halogenated alkanes) is 1. The lowest BCUT2D eigenvalue weighted by Gasteiger charge is -2.42. The van der Waals surface area contributed by atoms with Crippen LogP contribution >= 0.6 is 27.5 Å². The van der Waals surface area contributed by atoms with E-state index in [1.165, 1.54) is 26.6 Å². The summed E-state index contributed by atoms with van der Waals surface area (Å²) in [6.45, 7) is 12.7. The Morgan fingerprint density at radius 2 is 1.81 bits per heavy atom. The predicted molar refractivity (Wildman–Crippen MR) is 167 cm³/mol. The minimum atomic E-state index is -0.560. The van der Waals surface area contributed by atoms with Crippen molar-refractivity contribution in [1.29, 1.82) is 0 Å². The number of carbonyl (C=O) groups excluding carboxylic acids is 2. The summed E-state index contributed by atoms with van der Waals surface area (Å²) >= 11 is 9.38. The van der Waals surface area contributed by atoms with Gasteiger partial charge in [0, 0.05) is 24.9 Å². The van der Waals surface area contributed by atoms with Crippen LogP contribution < -0.4 is 9.64 Å². The first kappa shape index (κ1) is 33.5. The number of anilines is 1. The summed E-state index contributed by atoms with van der Waals surface area (Å²) in [5.41, 5.74) is -0.416. The number of hydrogen-bond donors (Lipinski definition) is 0. The third kappa shape index (κ3) is 8.39. The molecule has 2 bridgehead atoms. The summed E-state index contributed by atoms with van der Waals surface area (Å²) < 4.78 is 30.7. The molecular weight excluding hydrogens is 645 g/mol. The highest BCUT2D eigenvalue weighted by atomic mass is 79.9. The zero-order valence-electron chi connectivity index (χ0n) is 25.6. The number of carbonyl (C=O) groups is 2. The number of aromatic nitrogens is 2. The van der Waals surface area contributed by atoms with Crippen LogP contribution in [0, 0.1) is 5.82 Å². The Bertz CT molecular complexity index is 1290. The maximum Gasteiger partial charge on any atom is 0.410 e. The first-order valence-electron chi connectivity index (χ1n) is 14.9. The van der Waals surface area contributed by atoms with Gasteiger partial charge in [0.05, 0.1) is 35.3 Å². The van der Waals surface area contributed by atoms with Gasteiger partial charge in [-0.1, -0.05) is 11.6 Å². The number of fused-ring (bicyclic) bond motifs is 3. The van der Waals surface area contributed by atoms with Gasteiger partial charge in [-0.3, -0.25) is 9.69 Å². The number of likely N-dealkylation sites (tertiary alicyclic amines) is 1. The van der Waals surface area contributed by atoms with E-state index in [0.717, 1.165) is 32.2 Å². The fraction of sp³-hybridized carbons (Fsp3) is 0.667. The quantitative estimate of drug-likeness (QED) is 0.183. The average molecular weight is 687 g/mol. The number of nitrogens with zero attached hydrogens (tertiary/aromatic N) is 5. The number of methoxy groups -OCH3 is 1. The molecule has 10 nitrogen and oxygen atoms in total. The number of rotatable bonds is 8. The number of halogens is 3. The summed E-state index contributed by atoms with van der Waals surface area (Å²) in [5, 5.41) is 0.747. The molecular formula is C30H42BrClFN5O5. The third-order valence-corrected chi connectivity index (χ3v) is 9.02. The van der Waals surface area contributed by atoms with Crippen molar-refractivity contribution in [2.45, 2.75) is 83.9 Å². The topological polar surface area (TPSA) is 97.3 Å². The van der Waals surface area contributed by atoms with Crippen LogP contribution in [-0.4, -0.2) is 96.0 Å². The molecule has 0 N–H and O–H groups in total. The minimum Gasteiger partial charge on any atom is -0.467 e. The summed E-state index contributed by atoms with van der Waals surface area (Å²) in [6.07, 6.45) is 5.48. The fourth-order valence-electron chi connectivity index (χ4n) is 5.60. The molecule has 3 fully saturated rings. The number of benzene rings is 1. The number of esters is 1. The highest BCUT2D eigenvalue weighted by Crippen LogP contribution is 2.39. The van der Waals surface area contributed by atoms with Gasteiger partial charge in [-0.2, -0.15) is 9.97 Å². The van der Waals surface area contributed by atoms with Crippen molar-refractivity contribution in [1.82, 2.24) is 19.8 Å². The van der Waals surface area contributed by atoms with Gasteiger partial charge in [-0.05, 0) is 101 Å². The lowest BCUT2D eigenvalue weighted by Crippen LogP contribution is -2.57. The van der Waals surface area contributed by atoms with E-state index in [4.69, 9.17) is 25.8 Å². The van der Waals surface area contributed by atoms with Crippen molar-refractivity contribution in [3.8, 4) is 6.01 Å². The highest BCUT2D eigenvalue weighted by Gasteiger charge is 2.45. The van der Waals surface area contributed by atoms with Gasteiger partial charge in [0.25, 0.3) is 0 Å². The maximum absolute atomic E-state index is 14.8. The smallest absolute Gasteiger partial charge is 0.410 e. The summed E-state index contributed by atoms with van der Waals surface area (Å²) in [7, 11) is 1.44. The Morgan fingerprint density at radius 3 is 2.37 bits per heavy atom. The van der Waals surface area contributed by atoms with Gasteiger partial charge in [-0.15, -0.1) is 0 Å². The van der Waals surface area contributed by atoms with E-state index in [-0.39, 0.29) is 45.2 Å².